The zero-order chi connectivity index (χ0) is 9.84. The number of ether oxygens (including phenoxy) is 2. The number of hydrogen-bond donors (Lipinski definition) is 1. The maximum Gasteiger partial charge on any atom is 0.203 e. The van der Waals surface area contributed by atoms with E-state index in [-0.39, 0.29) is 17.1 Å². The van der Waals surface area contributed by atoms with Crippen molar-refractivity contribution in [2.75, 3.05) is 14.2 Å². The second-order valence-corrected chi connectivity index (χ2v) is 2.36. The average Bonchev–Trinajstić information content (AvgIpc) is 2.17. The van der Waals surface area contributed by atoms with E-state index in [4.69, 9.17) is 9.47 Å². The van der Waals surface area contributed by atoms with Crippen LogP contribution >= 0.6 is 0 Å². The molecule has 1 aromatic carbocycles. The first kappa shape index (κ1) is 9.38. The number of carbonyl (C=O) groups is 1. The molecule has 0 aliphatic heterocycles. The number of carbonyl (C=O) groups excluding carboxylic acids is 1. The summed E-state index contributed by atoms with van der Waals surface area (Å²) in [6.45, 7) is 0. The van der Waals surface area contributed by atoms with Gasteiger partial charge in [-0.05, 0) is 12.1 Å². The quantitative estimate of drug-likeness (QED) is 0.714. The lowest BCUT2D eigenvalue weighted by Crippen LogP contribution is -1.93. The number of aromatic hydroxyl groups is 1. The molecule has 4 nitrogen and oxygen atoms in total. The number of aldehydes is 1. The van der Waals surface area contributed by atoms with Crippen LogP contribution in [0, 0.1) is 0 Å². The monoisotopic (exact) mass is 182 g/mol. The van der Waals surface area contributed by atoms with Crippen molar-refractivity contribution in [2.45, 2.75) is 0 Å². The van der Waals surface area contributed by atoms with Crippen molar-refractivity contribution in [3.05, 3.63) is 17.7 Å². The van der Waals surface area contributed by atoms with E-state index in [0.717, 1.165) is 0 Å². The zero-order valence-electron chi connectivity index (χ0n) is 7.40. The van der Waals surface area contributed by atoms with Crippen LogP contribution in [0.25, 0.3) is 0 Å². The van der Waals surface area contributed by atoms with Gasteiger partial charge in [-0.2, -0.15) is 0 Å². The Morgan fingerprint density at radius 3 is 2.46 bits per heavy atom. The van der Waals surface area contributed by atoms with Gasteiger partial charge in [-0.1, -0.05) is 0 Å². The Morgan fingerprint density at radius 2 is 2.00 bits per heavy atom. The molecule has 0 aliphatic carbocycles. The van der Waals surface area contributed by atoms with Gasteiger partial charge in [0.1, 0.15) is 0 Å². The van der Waals surface area contributed by atoms with Crippen LogP contribution in [0.1, 0.15) is 10.4 Å². The van der Waals surface area contributed by atoms with Crippen molar-refractivity contribution >= 4 is 6.29 Å². The van der Waals surface area contributed by atoms with Crippen LogP contribution in [-0.4, -0.2) is 25.6 Å². The highest BCUT2D eigenvalue weighted by molar-refractivity contribution is 5.82. The van der Waals surface area contributed by atoms with E-state index < -0.39 is 0 Å². The second kappa shape index (κ2) is 3.80. The molecule has 0 fully saturated rings. The Kier molecular flexibility index (Phi) is 2.74. The standard InChI is InChI=1S/C9H10O4/c1-12-7-4-3-6(5-10)8(11)9(7)13-2/h3-5,11H,1-2H3. The third kappa shape index (κ3) is 1.56. The van der Waals surface area contributed by atoms with Crippen molar-refractivity contribution in [3.8, 4) is 17.2 Å². The molecule has 0 aromatic heterocycles. The molecule has 0 amide bonds. The molecule has 0 unspecified atom stereocenters. The van der Waals surface area contributed by atoms with E-state index in [9.17, 15) is 9.90 Å². The molecule has 0 saturated carbocycles. The fourth-order valence-corrected chi connectivity index (χ4v) is 1.02. The molecule has 0 saturated heterocycles. The molecular weight excluding hydrogens is 172 g/mol. The van der Waals surface area contributed by atoms with Crippen LogP contribution in [0.15, 0.2) is 12.1 Å². The number of benzene rings is 1. The molecule has 13 heavy (non-hydrogen) atoms. The summed E-state index contributed by atoms with van der Waals surface area (Å²) in [5.74, 6) is 0.370. The van der Waals surface area contributed by atoms with Crippen molar-refractivity contribution in [1.82, 2.24) is 0 Å². The molecule has 0 heterocycles. The summed E-state index contributed by atoms with van der Waals surface area (Å²) in [4.78, 5) is 10.4. The number of hydrogen-bond acceptors (Lipinski definition) is 4. The third-order valence-electron chi connectivity index (χ3n) is 1.68. The number of phenols is 1. The Morgan fingerprint density at radius 1 is 1.31 bits per heavy atom. The molecule has 0 aliphatic rings. The van der Waals surface area contributed by atoms with Gasteiger partial charge in [0.25, 0.3) is 0 Å². The molecule has 1 rings (SSSR count). The van der Waals surface area contributed by atoms with Gasteiger partial charge in [0.15, 0.2) is 17.8 Å². The molecule has 1 N–H and O–H groups in total. The van der Waals surface area contributed by atoms with Gasteiger partial charge in [0.2, 0.25) is 5.75 Å². The molecule has 4 heteroatoms. The molecule has 70 valence electrons. The number of phenolic OH excluding ortho intramolecular Hbond substituents is 1. The number of rotatable bonds is 3. The minimum atomic E-state index is -0.197. The van der Waals surface area contributed by atoms with Gasteiger partial charge in [0.05, 0.1) is 19.8 Å². The van der Waals surface area contributed by atoms with Gasteiger partial charge >= 0.3 is 0 Å². The molecule has 0 bridgehead atoms. The highest BCUT2D eigenvalue weighted by Gasteiger charge is 2.12. The molecule has 0 atom stereocenters. The highest BCUT2D eigenvalue weighted by Crippen LogP contribution is 2.37. The summed E-state index contributed by atoms with van der Waals surface area (Å²) < 4.78 is 9.79. The largest absolute Gasteiger partial charge is 0.504 e. The summed E-state index contributed by atoms with van der Waals surface area (Å²) in [6, 6.07) is 3.02. The SMILES string of the molecule is COc1ccc(C=O)c(O)c1OC. The molecular formula is C9H10O4. The summed E-state index contributed by atoms with van der Waals surface area (Å²) in [5.41, 5.74) is 0.178. The summed E-state index contributed by atoms with van der Waals surface area (Å²) >= 11 is 0. The average molecular weight is 182 g/mol. The Balaban J connectivity index is 3.31. The maximum atomic E-state index is 10.4. The smallest absolute Gasteiger partial charge is 0.203 e. The first-order chi connectivity index (χ1) is 6.24. The van der Waals surface area contributed by atoms with Crippen LogP contribution < -0.4 is 9.47 Å². The lowest BCUT2D eigenvalue weighted by Gasteiger charge is -2.09. The van der Waals surface area contributed by atoms with Gasteiger partial charge in [-0.3, -0.25) is 4.79 Å². The van der Waals surface area contributed by atoms with Crippen LogP contribution in [0.4, 0.5) is 0 Å². The third-order valence-corrected chi connectivity index (χ3v) is 1.68. The van der Waals surface area contributed by atoms with Crippen molar-refractivity contribution < 1.29 is 19.4 Å². The lowest BCUT2D eigenvalue weighted by atomic mass is 10.2. The van der Waals surface area contributed by atoms with E-state index in [1.807, 2.05) is 0 Å². The fraction of sp³-hybridized carbons (Fsp3) is 0.222. The summed E-state index contributed by atoms with van der Waals surface area (Å²) in [7, 11) is 2.85. The van der Waals surface area contributed by atoms with Crippen LogP contribution in [0.2, 0.25) is 0 Å². The summed E-state index contributed by atoms with van der Waals surface area (Å²) in [5, 5.41) is 9.46. The van der Waals surface area contributed by atoms with Crippen molar-refractivity contribution in [2.24, 2.45) is 0 Å². The maximum absolute atomic E-state index is 10.4. The van der Waals surface area contributed by atoms with Gasteiger partial charge in [-0.15, -0.1) is 0 Å². The first-order valence-corrected chi connectivity index (χ1v) is 3.63. The Bertz CT molecular complexity index is 320. The van der Waals surface area contributed by atoms with E-state index in [1.54, 1.807) is 6.07 Å². The topological polar surface area (TPSA) is 55.8 Å². The Hall–Kier alpha value is -1.71. The Labute approximate surface area is 75.7 Å². The minimum Gasteiger partial charge on any atom is -0.504 e. The molecule has 0 spiro atoms. The van der Waals surface area contributed by atoms with E-state index in [0.29, 0.717) is 12.0 Å². The van der Waals surface area contributed by atoms with Gasteiger partial charge in [-0.25, -0.2) is 0 Å². The van der Waals surface area contributed by atoms with Crippen molar-refractivity contribution in [3.63, 3.8) is 0 Å². The molecule has 0 radical (unpaired) electrons. The predicted molar refractivity (Wildman–Crippen MR) is 46.6 cm³/mol. The van der Waals surface area contributed by atoms with Gasteiger partial charge in [0, 0.05) is 0 Å². The molecule has 1 aromatic rings. The second-order valence-electron chi connectivity index (χ2n) is 2.36. The van der Waals surface area contributed by atoms with E-state index >= 15 is 0 Å². The van der Waals surface area contributed by atoms with Crippen LogP contribution in [0.3, 0.4) is 0 Å². The fourth-order valence-electron chi connectivity index (χ4n) is 1.02. The minimum absolute atomic E-state index is 0.173. The van der Waals surface area contributed by atoms with Gasteiger partial charge < -0.3 is 14.6 Å². The zero-order valence-corrected chi connectivity index (χ0v) is 7.40. The predicted octanol–water partition coefficient (Wildman–Crippen LogP) is 1.22. The van der Waals surface area contributed by atoms with Crippen LogP contribution in [-0.2, 0) is 0 Å². The first-order valence-electron chi connectivity index (χ1n) is 3.63. The van der Waals surface area contributed by atoms with Crippen LogP contribution in [0.5, 0.6) is 17.2 Å². The van der Waals surface area contributed by atoms with E-state index in [2.05, 4.69) is 0 Å². The van der Waals surface area contributed by atoms with E-state index in [1.165, 1.54) is 20.3 Å². The van der Waals surface area contributed by atoms with Crippen molar-refractivity contribution in [1.29, 1.82) is 0 Å². The summed E-state index contributed by atoms with van der Waals surface area (Å²) in [6.07, 6.45) is 0.553. The normalized spacial score (nSPS) is 9.38. The highest BCUT2D eigenvalue weighted by atomic mass is 16.5. The number of methoxy groups -OCH3 is 2. The lowest BCUT2D eigenvalue weighted by molar-refractivity contribution is 0.112.